The predicted octanol–water partition coefficient (Wildman–Crippen LogP) is -10.5. The summed E-state index contributed by atoms with van der Waals surface area (Å²) in [7, 11) is -29.4. The molecule has 0 spiro atoms. The van der Waals surface area contributed by atoms with Crippen LogP contribution in [0.2, 0.25) is 0 Å². The molecule has 0 radical (unpaired) electrons. The summed E-state index contributed by atoms with van der Waals surface area (Å²) in [6.45, 7) is -5.69. The van der Waals surface area contributed by atoms with Gasteiger partial charge in [0, 0.05) is 45.3 Å². The van der Waals surface area contributed by atoms with Gasteiger partial charge in [-0.25, -0.2) is 69.4 Å². The first kappa shape index (κ1) is 90.2. The van der Waals surface area contributed by atoms with E-state index in [4.69, 9.17) is 22.9 Å². The summed E-state index contributed by atoms with van der Waals surface area (Å²) in [4.78, 5) is 115. The molecule has 0 aliphatic rings. The Labute approximate surface area is 679 Å². The fourth-order valence-electron chi connectivity index (χ4n) is 8.85. The molecule has 46 nitrogen and oxygen atoms in total. The van der Waals surface area contributed by atoms with E-state index in [9.17, 15) is 98.0 Å². The topological polar surface area (TPSA) is 737 Å². The van der Waals surface area contributed by atoms with Crippen molar-refractivity contribution >= 4 is 177 Å². The number of carbonyl (C=O) groups is 8. The van der Waals surface area contributed by atoms with Crippen molar-refractivity contribution in [3.05, 3.63) is 133 Å². The fraction of sp³-hybridized carbons (Fsp3) is 0.138. The van der Waals surface area contributed by atoms with Crippen LogP contribution in [-0.4, -0.2) is 189 Å². The number of hydrogen-bond donors (Lipinski definition) is 18. The molecule has 0 aliphatic heterocycles. The summed E-state index contributed by atoms with van der Waals surface area (Å²) < 4.78 is 195. The zero-order valence-electron chi connectivity index (χ0n) is 57.8. The minimum Gasteiger partial charge on any atom is -0.744 e. The van der Waals surface area contributed by atoms with Crippen molar-refractivity contribution in [1.29, 1.82) is 0 Å². The Balaban J connectivity index is 0.00000978. The Hall–Kier alpha value is -10.6. The average molecular weight is 1680 g/mol. The van der Waals surface area contributed by atoms with Crippen LogP contribution in [0, 0.1) is 0 Å². The van der Waals surface area contributed by atoms with Crippen LogP contribution in [0.25, 0.3) is 11.1 Å². The van der Waals surface area contributed by atoms with Crippen molar-refractivity contribution in [2.75, 3.05) is 84.3 Å². The van der Waals surface area contributed by atoms with E-state index in [1.54, 1.807) is 0 Å². The van der Waals surface area contributed by atoms with E-state index in [-0.39, 0.29) is 93.2 Å². The van der Waals surface area contributed by atoms with E-state index in [0.29, 0.717) is 12.1 Å². The van der Waals surface area contributed by atoms with Gasteiger partial charge in [0.15, 0.2) is 0 Å². The molecule has 22 N–H and O–H groups in total. The largest absolute Gasteiger partial charge is 1.00 e. The van der Waals surface area contributed by atoms with Gasteiger partial charge in [-0.2, -0.15) is 29.9 Å². The molecule has 0 bridgehead atoms. The Morgan fingerprint density at radius 1 is 0.286 bits per heavy atom. The summed E-state index contributed by atoms with van der Waals surface area (Å²) in [6, 6.07) is 24.5. The number of aromatic nitrogens is 6. The number of nitrogens with zero attached hydrogens (tertiary/aromatic N) is 6. The van der Waals surface area contributed by atoms with Gasteiger partial charge in [-0.15, -0.1) is 0 Å². The zero-order valence-corrected chi connectivity index (χ0v) is 66.7. The first-order chi connectivity index (χ1) is 51.6. The molecule has 0 fully saturated rings. The molecule has 0 saturated carbocycles. The van der Waals surface area contributed by atoms with E-state index in [1.807, 2.05) is 18.9 Å². The third-order valence-electron chi connectivity index (χ3n) is 13.7. The minimum absolute atomic E-state index is 0. The maximum atomic E-state index is 13.3. The molecule has 0 unspecified atom stereocenters. The number of nitrogens with two attached hydrogens (primary N) is 4. The standard InChI is InChI=1S/C58H62N24O22S6.2Na/c59-45(83)23-63-49(87)27-67-105(91,92)37-9-1-5-31(17-37)71-53-77-54(72-32-6-2-10-38(18-32)106(93,94)68-28-50(88)64-24-46(60)84)80-57(79-53)75-35-13-15-41(43(21-35)109(99,100)101)42-16-14-36(22-44(42)110(102,103)104)76-58-81-55(73-33-7-3-11-39(19-33)107(95,96)69-29-51(89)65-25-47(61)85)78-56(82-58)74-34-8-4-12-40(20-34)108(97,98)70-30-52(90)66-26-48(62)86;;/h1-22,67-70H,23-30H2,(H2,59,83)(H2,60,84)(H2,61,85)(H2,62,86)(H,63,87)(H,64,88)(H,65,89)(H,66,90)(H,99,100,101)(H,102,103,104)(H3,71,72,75,77,79,80)(H3,73,74,76,78,81,82);;/q;2*+1/p-2. The van der Waals surface area contributed by atoms with Crippen LogP contribution in [0.1, 0.15) is 0 Å². The number of primary amides is 4. The van der Waals surface area contributed by atoms with Crippen LogP contribution in [-0.2, 0) is 98.7 Å². The number of nitrogens with one attached hydrogen (secondary N) is 14. The summed E-state index contributed by atoms with van der Waals surface area (Å²) in [5.41, 5.74) is 17.8. The van der Waals surface area contributed by atoms with Crippen molar-refractivity contribution in [2.45, 2.75) is 29.4 Å². The van der Waals surface area contributed by atoms with Crippen molar-refractivity contribution in [3.63, 3.8) is 0 Å². The van der Waals surface area contributed by atoms with Crippen LogP contribution in [0.3, 0.4) is 0 Å². The predicted molar refractivity (Wildman–Crippen MR) is 382 cm³/mol. The van der Waals surface area contributed by atoms with Gasteiger partial charge in [-0.3, -0.25) is 38.4 Å². The van der Waals surface area contributed by atoms with Gasteiger partial charge >= 0.3 is 59.1 Å². The number of hydrogen-bond acceptors (Lipinski definition) is 34. The number of amides is 8. The SMILES string of the molecule is NC(=O)CNC(=O)CNS(=O)(=O)c1cccc(Nc2nc(Nc3cccc(S(=O)(=O)NCC(=O)NCC(N)=O)c3)nc(Nc3ccc(-c4ccc(Nc5nc(Nc6cccc(S(=O)(=O)NCC(=O)NCC(N)=O)c6)nc(Nc6cccc(S(=O)(=O)NCC(=O)NCC(N)=O)c6)n5)cc4S(=O)(=O)[O-])c(S(=O)(=O)[O-])c3)n2)c1.[Na+].[Na+]. The Bertz CT molecular complexity index is 5110. The van der Waals surface area contributed by atoms with Crippen molar-refractivity contribution in [3.8, 4) is 11.1 Å². The number of sulfonamides is 4. The Morgan fingerprint density at radius 2 is 0.482 bits per heavy atom. The van der Waals surface area contributed by atoms with E-state index >= 15 is 0 Å². The number of carbonyl (C=O) groups excluding carboxylic acids is 8. The van der Waals surface area contributed by atoms with Crippen LogP contribution in [0.4, 0.5) is 69.8 Å². The second-order valence-corrected chi connectivity index (χ2v) is 31.8. The molecule has 8 amide bonds. The smallest absolute Gasteiger partial charge is 0.744 e. The maximum absolute atomic E-state index is 13.3. The van der Waals surface area contributed by atoms with Crippen LogP contribution < -0.4 is 154 Å². The van der Waals surface area contributed by atoms with E-state index in [0.717, 1.165) is 72.8 Å². The monoisotopic (exact) mass is 1680 g/mol. The molecule has 0 atom stereocenters. The maximum Gasteiger partial charge on any atom is 1.00 e. The van der Waals surface area contributed by atoms with Gasteiger partial charge in [0.05, 0.1) is 81.7 Å². The summed E-state index contributed by atoms with van der Waals surface area (Å²) >= 11 is 0. The van der Waals surface area contributed by atoms with Crippen LogP contribution >= 0.6 is 0 Å². The van der Waals surface area contributed by atoms with E-state index in [1.165, 1.54) is 48.5 Å². The molecular weight excluding hydrogens is 1620 g/mol. The molecule has 112 heavy (non-hydrogen) atoms. The third kappa shape index (κ3) is 27.4. The molecule has 8 rings (SSSR count). The first-order valence-electron chi connectivity index (χ1n) is 30.5. The van der Waals surface area contributed by atoms with Gasteiger partial charge < -0.3 is 85.2 Å². The molecule has 6 aromatic carbocycles. The Morgan fingerprint density at radius 3 is 0.670 bits per heavy atom. The van der Waals surface area contributed by atoms with E-state index < -0.39 is 236 Å². The molecule has 0 aliphatic carbocycles. The van der Waals surface area contributed by atoms with Gasteiger partial charge in [-0.1, -0.05) is 36.4 Å². The molecule has 582 valence electrons. The average Bonchev–Trinajstić information content (AvgIpc) is 0.765. The second-order valence-electron chi connectivity index (χ2n) is 22.1. The summed E-state index contributed by atoms with van der Waals surface area (Å²) in [6.07, 6.45) is 0. The van der Waals surface area contributed by atoms with Crippen LogP contribution in [0.15, 0.2) is 163 Å². The van der Waals surface area contributed by atoms with Gasteiger partial charge in [-0.05, 0) is 97.1 Å². The van der Waals surface area contributed by atoms with Gasteiger partial charge in [0.1, 0.15) is 20.2 Å². The molecule has 0 saturated heterocycles. The molecule has 54 heteroatoms. The molecule has 2 heterocycles. The van der Waals surface area contributed by atoms with Crippen molar-refractivity contribution < 1.29 is 157 Å². The zero-order chi connectivity index (χ0) is 80.5. The molecule has 2 aromatic heterocycles. The van der Waals surface area contributed by atoms with Crippen LogP contribution in [0.5, 0.6) is 0 Å². The van der Waals surface area contributed by atoms with Gasteiger partial charge in [0.25, 0.3) is 0 Å². The quantitative estimate of drug-likeness (QED) is 0.0126. The first-order valence-corrected chi connectivity index (χ1v) is 39.3. The normalized spacial score (nSPS) is 11.6. The van der Waals surface area contributed by atoms with Gasteiger partial charge in [0.2, 0.25) is 123 Å². The second kappa shape index (κ2) is 39.0. The molecular formula is C58H60N24Na2O22S6. The summed E-state index contributed by atoms with van der Waals surface area (Å²) in [5.74, 6) is -10.2. The fourth-order valence-corrected chi connectivity index (χ4v) is 14.4. The third-order valence-corrected chi connectivity index (χ3v) is 21.1. The molecule has 8 aromatic rings. The van der Waals surface area contributed by atoms with Crippen molar-refractivity contribution in [1.82, 2.24) is 70.1 Å². The Kier molecular flexibility index (Phi) is 31.4. The summed E-state index contributed by atoms with van der Waals surface area (Å²) in [5, 5.41) is 24.7. The van der Waals surface area contributed by atoms with E-state index in [2.05, 4.69) is 83.1 Å². The van der Waals surface area contributed by atoms with Crippen molar-refractivity contribution in [2.24, 2.45) is 22.9 Å². The number of rotatable bonds is 39. The minimum atomic E-state index is -5.73. The number of anilines is 12. The number of benzene rings is 6.